The lowest BCUT2D eigenvalue weighted by molar-refractivity contribution is -0.658. The maximum Gasteiger partial charge on any atom is 0.352 e. The summed E-state index contributed by atoms with van der Waals surface area (Å²) < 4.78 is 1.85. The van der Waals surface area contributed by atoms with E-state index in [0.717, 1.165) is 42.8 Å². The summed E-state index contributed by atoms with van der Waals surface area (Å²) in [7, 11) is 1.85. The molecule has 43 heavy (non-hydrogen) atoms. The first kappa shape index (κ1) is 28.5. The number of allylic oxidation sites excluding steroid dienone is 2. The predicted molar refractivity (Wildman–Crippen MR) is 156 cm³/mol. The normalized spacial score (nSPS) is 23.6. The zero-order valence-electron chi connectivity index (χ0n) is 23.6. The third-order valence-corrected chi connectivity index (χ3v) is 8.99. The highest BCUT2D eigenvalue weighted by Gasteiger charge is 2.53. The number of nitrogens with zero attached hydrogens (tertiary/aromatic N) is 5. The van der Waals surface area contributed by atoms with Crippen molar-refractivity contribution in [2.24, 2.45) is 12.2 Å². The van der Waals surface area contributed by atoms with Crippen LogP contribution >= 0.6 is 11.3 Å². The van der Waals surface area contributed by atoms with E-state index in [4.69, 9.17) is 10.6 Å². The number of oxime groups is 1. The molecular weight excluding hydrogens is 574 g/mol. The number of nitrogens with one attached hydrogen (secondary N) is 1. The molecule has 2 aromatic heterocycles. The minimum atomic E-state index is -1.27. The summed E-state index contributed by atoms with van der Waals surface area (Å²) in [5.41, 5.74) is 6.67. The minimum absolute atomic E-state index is 0.0857. The number of fused-ring (bicyclic) bond motifs is 1. The van der Waals surface area contributed by atoms with Crippen molar-refractivity contribution in [1.29, 1.82) is 0 Å². The van der Waals surface area contributed by atoms with Gasteiger partial charge in [0.2, 0.25) is 0 Å². The SMILES string of the molecule is C[n+]1ccccc1N1CC/C(=C\C2=C(C(=O)O)N3C(=O)[C@@H](NC(=O)/C(=N\OC4CCCC4)c4csc(N)n4)[C@H]3CC2)C1=O. The molecule has 3 fully saturated rings. The number of carboxylic acid groups (broad SMARTS) is 1. The second kappa shape index (κ2) is 11.6. The van der Waals surface area contributed by atoms with Gasteiger partial charge in [-0.1, -0.05) is 11.2 Å². The van der Waals surface area contributed by atoms with E-state index in [1.165, 1.54) is 4.90 Å². The number of aliphatic carboxylic acids is 1. The second-order valence-electron chi connectivity index (χ2n) is 11.0. The fraction of sp³-hybridized carbons (Fsp3) is 0.414. The van der Waals surface area contributed by atoms with Gasteiger partial charge in [0.05, 0.1) is 25.8 Å². The Balaban J connectivity index is 1.20. The topological polar surface area (TPSA) is 171 Å². The first-order valence-corrected chi connectivity index (χ1v) is 15.1. The number of hydrogen-bond donors (Lipinski definition) is 3. The Bertz CT molecular complexity index is 1590. The van der Waals surface area contributed by atoms with E-state index in [2.05, 4.69) is 15.5 Å². The van der Waals surface area contributed by atoms with Gasteiger partial charge < -0.3 is 21.0 Å². The van der Waals surface area contributed by atoms with E-state index in [1.54, 1.807) is 16.4 Å². The van der Waals surface area contributed by atoms with E-state index in [-0.39, 0.29) is 34.2 Å². The van der Waals surface area contributed by atoms with Gasteiger partial charge in [0, 0.05) is 23.4 Å². The van der Waals surface area contributed by atoms with Gasteiger partial charge in [0.1, 0.15) is 23.5 Å². The van der Waals surface area contributed by atoms with Crippen LogP contribution in [0.25, 0.3) is 0 Å². The number of rotatable bonds is 8. The number of carbonyl (C=O) groups excluding carboxylic acids is 3. The zero-order valence-corrected chi connectivity index (χ0v) is 24.4. The molecule has 14 heteroatoms. The Labute approximate surface area is 251 Å². The van der Waals surface area contributed by atoms with Gasteiger partial charge in [-0.2, -0.15) is 4.90 Å². The molecule has 0 unspecified atom stereocenters. The van der Waals surface area contributed by atoms with Crippen LogP contribution in [0.15, 0.2) is 57.9 Å². The van der Waals surface area contributed by atoms with Crippen LogP contribution in [0, 0.1) is 0 Å². The van der Waals surface area contributed by atoms with Gasteiger partial charge in [-0.25, -0.2) is 19.1 Å². The number of carbonyl (C=O) groups is 4. The van der Waals surface area contributed by atoms with Crippen LogP contribution < -0.4 is 20.5 Å². The van der Waals surface area contributed by atoms with Crippen LogP contribution in [-0.2, 0) is 31.1 Å². The van der Waals surface area contributed by atoms with Crippen LogP contribution in [0.2, 0.25) is 0 Å². The molecule has 1 aliphatic carbocycles. The Morgan fingerprint density at radius 2 is 2.02 bits per heavy atom. The Morgan fingerprint density at radius 3 is 2.72 bits per heavy atom. The Morgan fingerprint density at radius 1 is 1.23 bits per heavy atom. The average Bonchev–Trinajstić information content (AvgIpc) is 3.74. The lowest BCUT2D eigenvalue weighted by Gasteiger charge is -2.50. The molecule has 2 atom stereocenters. The largest absolute Gasteiger partial charge is 0.477 e. The molecule has 13 nitrogen and oxygen atoms in total. The van der Waals surface area contributed by atoms with Gasteiger partial charge in [-0.05, 0) is 56.2 Å². The van der Waals surface area contributed by atoms with E-state index >= 15 is 0 Å². The fourth-order valence-corrected chi connectivity index (χ4v) is 6.68. The lowest BCUT2D eigenvalue weighted by Crippen LogP contribution is -2.72. The number of β-lactam (4-membered cyclic amide) rings is 1. The maximum absolute atomic E-state index is 13.3. The molecule has 4 N–H and O–H groups in total. The molecule has 2 aromatic rings. The Kier molecular flexibility index (Phi) is 7.69. The molecule has 4 aliphatic rings. The van der Waals surface area contributed by atoms with Crippen molar-refractivity contribution in [3.63, 3.8) is 0 Å². The first-order chi connectivity index (χ1) is 20.7. The van der Waals surface area contributed by atoms with Crippen LogP contribution in [0.4, 0.5) is 10.9 Å². The van der Waals surface area contributed by atoms with Gasteiger partial charge in [-0.3, -0.25) is 14.5 Å². The molecule has 224 valence electrons. The van der Waals surface area contributed by atoms with Crippen molar-refractivity contribution >= 4 is 51.7 Å². The van der Waals surface area contributed by atoms with Crippen LogP contribution in [0.3, 0.4) is 0 Å². The fourth-order valence-electron chi connectivity index (χ4n) is 6.14. The van der Waals surface area contributed by atoms with Crippen LogP contribution in [-0.4, -0.2) is 69.1 Å². The lowest BCUT2D eigenvalue weighted by atomic mass is 9.82. The molecule has 5 heterocycles. The summed E-state index contributed by atoms with van der Waals surface area (Å²) in [6.45, 7) is 0.469. The van der Waals surface area contributed by atoms with E-state index in [9.17, 15) is 24.3 Å². The van der Waals surface area contributed by atoms with Gasteiger partial charge >= 0.3 is 11.9 Å². The van der Waals surface area contributed by atoms with E-state index in [1.807, 2.05) is 36.0 Å². The summed E-state index contributed by atoms with van der Waals surface area (Å²) >= 11 is 1.15. The number of aromatic nitrogens is 2. The van der Waals surface area contributed by atoms with E-state index in [0.29, 0.717) is 37.0 Å². The molecule has 6 rings (SSSR count). The van der Waals surface area contributed by atoms with Crippen molar-refractivity contribution in [2.45, 2.75) is 63.1 Å². The molecular formula is C29H32N7O6S+. The number of anilines is 2. The first-order valence-electron chi connectivity index (χ1n) is 14.3. The molecule has 0 spiro atoms. The highest BCUT2D eigenvalue weighted by molar-refractivity contribution is 7.13. The smallest absolute Gasteiger partial charge is 0.352 e. The molecule has 2 saturated heterocycles. The zero-order chi connectivity index (χ0) is 30.2. The van der Waals surface area contributed by atoms with Crippen LogP contribution in [0.5, 0.6) is 0 Å². The van der Waals surface area contributed by atoms with Gasteiger partial charge in [0.15, 0.2) is 10.8 Å². The summed E-state index contributed by atoms with van der Waals surface area (Å²) in [4.78, 5) is 65.0. The molecule has 0 bridgehead atoms. The monoisotopic (exact) mass is 606 g/mol. The molecule has 0 radical (unpaired) electrons. The van der Waals surface area contributed by atoms with Crippen molar-refractivity contribution in [2.75, 3.05) is 17.2 Å². The van der Waals surface area contributed by atoms with E-state index < -0.39 is 29.9 Å². The summed E-state index contributed by atoms with van der Waals surface area (Å²) in [5, 5.41) is 18.8. The van der Waals surface area contributed by atoms with Crippen molar-refractivity contribution < 1.29 is 33.7 Å². The van der Waals surface area contributed by atoms with Gasteiger partial charge in [0.25, 0.3) is 17.6 Å². The quantitative estimate of drug-likeness (QED) is 0.133. The van der Waals surface area contributed by atoms with Crippen molar-refractivity contribution in [1.82, 2.24) is 15.2 Å². The number of aryl methyl sites for hydroxylation is 1. The number of thiazole rings is 1. The van der Waals surface area contributed by atoms with Crippen molar-refractivity contribution in [3.05, 3.63) is 58.4 Å². The predicted octanol–water partition coefficient (Wildman–Crippen LogP) is 1.40. The minimum Gasteiger partial charge on any atom is -0.477 e. The van der Waals surface area contributed by atoms with Crippen LogP contribution in [0.1, 0.15) is 50.6 Å². The second-order valence-corrected chi connectivity index (χ2v) is 11.9. The number of pyridine rings is 1. The highest BCUT2D eigenvalue weighted by atomic mass is 32.1. The van der Waals surface area contributed by atoms with Crippen molar-refractivity contribution in [3.8, 4) is 0 Å². The summed E-state index contributed by atoms with van der Waals surface area (Å²) in [6, 6.07) is 4.08. The molecule has 0 aromatic carbocycles. The summed E-state index contributed by atoms with van der Waals surface area (Å²) in [6.07, 6.45) is 8.29. The molecule has 3 amide bonds. The standard InChI is InChI=1S/C29H31N7O6S/c1-34-12-5-4-8-21(34)35-13-11-17(26(35)38)14-16-9-10-20-23(27(39)36(20)24(16)28(40)41)32-25(37)22(19-15-43-29(30)31-19)33-42-18-6-2-3-7-18/h4-5,8,12,14-15,18,20,23H,2-3,6-7,9-11,13H2,1H3,(H3-,30,31,32,37,40,41)/p+1/b17-14+,33-22-/t20-,23+/m1/s1. The number of carboxylic acids is 1. The number of hydrogen-bond acceptors (Lipinski definition) is 9. The number of nitrogens with two attached hydrogens (primary N) is 1. The third-order valence-electron chi connectivity index (χ3n) is 8.32. The van der Waals surface area contributed by atoms with Gasteiger partial charge in [-0.15, -0.1) is 11.3 Å². The molecule has 3 aliphatic heterocycles. The summed E-state index contributed by atoms with van der Waals surface area (Å²) in [5.74, 6) is -1.93. The maximum atomic E-state index is 13.3. The number of nitrogen functional groups attached to an aromatic ring is 1. The third kappa shape index (κ3) is 5.38. The Hall–Kier alpha value is -4.59. The highest BCUT2D eigenvalue weighted by Crippen LogP contribution is 2.38. The average molecular weight is 607 g/mol. The number of amides is 3. The molecule has 1 saturated carbocycles.